The second kappa shape index (κ2) is 5.00. The van der Waals surface area contributed by atoms with Gasteiger partial charge in [-0.05, 0) is 29.7 Å². The van der Waals surface area contributed by atoms with Gasteiger partial charge in [-0.25, -0.2) is 0 Å². The van der Waals surface area contributed by atoms with Gasteiger partial charge in [0.1, 0.15) is 12.2 Å². The predicted molar refractivity (Wildman–Crippen MR) is 76.0 cm³/mol. The van der Waals surface area contributed by atoms with E-state index in [1.54, 1.807) is 0 Å². The van der Waals surface area contributed by atoms with Gasteiger partial charge in [-0.15, -0.1) is 10.2 Å². The molecule has 3 heterocycles. The molecule has 0 bridgehead atoms. The Hall–Kier alpha value is -1.72. The second-order valence-electron chi connectivity index (χ2n) is 5.68. The van der Waals surface area contributed by atoms with Crippen LogP contribution >= 0.6 is 0 Å². The molecule has 1 N–H and O–H groups in total. The summed E-state index contributed by atoms with van der Waals surface area (Å²) in [6.07, 6.45) is 2.99. The molecule has 20 heavy (non-hydrogen) atoms. The Labute approximate surface area is 118 Å². The Bertz CT molecular complexity index is 618. The topological polar surface area (TPSA) is 46.0 Å². The summed E-state index contributed by atoms with van der Waals surface area (Å²) < 4.78 is 2.15. The van der Waals surface area contributed by atoms with Gasteiger partial charge in [-0.2, -0.15) is 0 Å². The minimum Gasteiger partial charge on any atom is -0.315 e. The molecule has 0 atom stereocenters. The molecule has 0 fully saturated rings. The first-order chi connectivity index (χ1) is 9.88. The van der Waals surface area contributed by atoms with Crippen molar-refractivity contribution in [1.29, 1.82) is 0 Å². The smallest absolute Gasteiger partial charge is 0.147 e. The maximum absolute atomic E-state index is 4.18. The Kier molecular flexibility index (Phi) is 3.01. The van der Waals surface area contributed by atoms with Gasteiger partial charge >= 0.3 is 0 Å². The van der Waals surface area contributed by atoms with E-state index in [-0.39, 0.29) is 0 Å². The third-order valence-corrected chi connectivity index (χ3v) is 4.28. The van der Waals surface area contributed by atoms with E-state index in [0.717, 1.165) is 51.5 Å². The quantitative estimate of drug-likeness (QED) is 0.881. The lowest BCUT2D eigenvalue weighted by Gasteiger charge is -2.27. The number of fused-ring (bicyclic) bond motifs is 2. The molecule has 1 aromatic carbocycles. The molecule has 0 spiro atoms. The molecule has 4 rings (SSSR count). The molecule has 0 saturated carbocycles. The molecular formula is C15H19N5. The van der Waals surface area contributed by atoms with Gasteiger partial charge < -0.3 is 9.88 Å². The van der Waals surface area contributed by atoms with Crippen molar-refractivity contribution in [1.82, 2.24) is 25.0 Å². The fourth-order valence-electron chi connectivity index (χ4n) is 3.14. The lowest BCUT2D eigenvalue weighted by molar-refractivity contribution is 0.208. The molecule has 1 aromatic heterocycles. The van der Waals surface area contributed by atoms with Crippen LogP contribution in [-0.2, 0) is 32.6 Å². The normalized spacial score (nSPS) is 18.6. The minimum absolute atomic E-state index is 0.898. The molecule has 5 nitrogen and oxygen atoms in total. The fraction of sp³-hybridized carbons (Fsp3) is 0.467. The highest BCUT2D eigenvalue weighted by Crippen LogP contribution is 2.18. The lowest BCUT2D eigenvalue weighted by Crippen LogP contribution is -2.33. The molecule has 0 radical (unpaired) electrons. The summed E-state index contributed by atoms with van der Waals surface area (Å²) in [6, 6.07) is 6.95. The predicted octanol–water partition coefficient (Wildman–Crippen LogP) is 0.940. The maximum Gasteiger partial charge on any atom is 0.147 e. The minimum atomic E-state index is 0.898. The van der Waals surface area contributed by atoms with Crippen LogP contribution in [0.15, 0.2) is 24.5 Å². The van der Waals surface area contributed by atoms with Crippen LogP contribution in [0, 0.1) is 0 Å². The van der Waals surface area contributed by atoms with Gasteiger partial charge in [0.2, 0.25) is 0 Å². The summed E-state index contributed by atoms with van der Waals surface area (Å²) in [5, 5.41) is 11.6. The number of nitrogens with one attached hydrogen (secondary N) is 1. The zero-order valence-electron chi connectivity index (χ0n) is 11.5. The average Bonchev–Trinajstić information content (AvgIpc) is 2.95. The summed E-state index contributed by atoms with van der Waals surface area (Å²) in [5.41, 5.74) is 4.38. The Morgan fingerprint density at radius 1 is 1.20 bits per heavy atom. The Morgan fingerprint density at radius 2 is 2.20 bits per heavy atom. The SMILES string of the molecule is c1cc2c(cc1CN1CCn3cnnc3C1)CNCC2. The van der Waals surface area contributed by atoms with Crippen LogP contribution in [0.3, 0.4) is 0 Å². The first-order valence-corrected chi connectivity index (χ1v) is 7.29. The van der Waals surface area contributed by atoms with Gasteiger partial charge in [0.15, 0.2) is 0 Å². The largest absolute Gasteiger partial charge is 0.315 e. The summed E-state index contributed by atoms with van der Waals surface area (Å²) in [7, 11) is 0. The fourth-order valence-corrected chi connectivity index (χ4v) is 3.14. The summed E-state index contributed by atoms with van der Waals surface area (Å²) in [6.45, 7) is 6.08. The second-order valence-corrected chi connectivity index (χ2v) is 5.68. The van der Waals surface area contributed by atoms with E-state index in [1.165, 1.54) is 16.7 Å². The van der Waals surface area contributed by atoms with Crippen molar-refractivity contribution in [3.8, 4) is 0 Å². The lowest BCUT2D eigenvalue weighted by atomic mass is 9.98. The van der Waals surface area contributed by atoms with Crippen molar-refractivity contribution in [2.75, 3.05) is 13.1 Å². The number of aromatic nitrogens is 3. The van der Waals surface area contributed by atoms with Crippen LogP contribution in [0.2, 0.25) is 0 Å². The van der Waals surface area contributed by atoms with Crippen molar-refractivity contribution < 1.29 is 0 Å². The van der Waals surface area contributed by atoms with Crippen molar-refractivity contribution >= 4 is 0 Å². The van der Waals surface area contributed by atoms with Gasteiger partial charge in [0.05, 0.1) is 6.54 Å². The first-order valence-electron chi connectivity index (χ1n) is 7.29. The monoisotopic (exact) mass is 269 g/mol. The highest BCUT2D eigenvalue weighted by Gasteiger charge is 2.18. The molecule has 2 aromatic rings. The number of hydrogen-bond acceptors (Lipinski definition) is 4. The molecule has 2 aliphatic rings. The van der Waals surface area contributed by atoms with Crippen molar-refractivity contribution in [2.24, 2.45) is 0 Å². The molecule has 104 valence electrons. The zero-order valence-corrected chi connectivity index (χ0v) is 11.5. The number of hydrogen-bond donors (Lipinski definition) is 1. The zero-order chi connectivity index (χ0) is 13.4. The van der Waals surface area contributed by atoms with Gasteiger partial charge in [0, 0.05) is 26.2 Å². The molecular weight excluding hydrogens is 250 g/mol. The standard InChI is InChI=1S/C15H19N5/c1-2-13-3-4-16-8-14(13)7-12(1)9-19-5-6-20-11-17-18-15(20)10-19/h1-2,7,11,16H,3-6,8-10H2. The van der Waals surface area contributed by atoms with Crippen LogP contribution in [0.1, 0.15) is 22.5 Å². The van der Waals surface area contributed by atoms with E-state index in [2.05, 4.69) is 43.2 Å². The van der Waals surface area contributed by atoms with Crippen LogP contribution < -0.4 is 5.32 Å². The van der Waals surface area contributed by atoms with Gasteiger partial charge in [-0.3, -0.25) is 4.90 Å². The van der Waals surface area contributed by atoms with E-state index < -0.39 is 0 Å². The molecule has 5 heteroatoms. The number of benzene rings is 1. The summed E-state index contributed by atoms with van der Waals surface area (Å²) >= 11 is 0. The third-order valence-electron chi connectivity index (χ3n) is 4.28. The average molecular weight is 269 g/mol. The molecule has 0 amide bonds. The highest BCUT2D eigenvalue weighted by molar-refractivity contribution is 5.33. The van der Waals surface area contributed by atoms with Gasteiger partial charge in [-0.1, -0.05) is 18.2 Å². The van der Waals surface area contributed by atoms with E-state index in [0.29, 0.717) is 0 Å². The molecule has 0 unspecified atom stereocenters. The van der Waals surface area contributed by atoms with E-state index in [4.69, 9.17) is 0 Å². The molecule has 2 aliphatic heterocycles. The van der Waals surface area contributed by atoms with Crippen LogP contribution in [0.25, 0.3) is 0 Å². The van der Waals surface area contributed by atoms with E-state index in [1.807, 2.05) is 6.33 Å². The maximum atomic E-state index is 4.18. The molecule has 0 aliphatic carbocycles. The van der Waals surface area contributed by atoms with Crippen LogP contribution in [0.5, 0.6) is 0 Å². The number of nitrogens with zero attached hydrogens (tertiary/aromatic N) is 4. The Morgan fingerprint density at radius 3 is 3.20 bits per heavy atom. The number of rotatable bonds is 2. The summed E-state index contributed by atoms with van der Waals surface area (Å²) in [5.74, 6) is 1.08. The van der Waals surface area contributed by atoms with Gasteiger partial charge in [0.25, 0.3) is 0 Å². The Balaban J connectivity index is 1.49. The van der Waals surface area contributed by atoms with Crippen LogP contribution in [0.4, 0.5) is 0 Å². The van der Waals surface area contributed by atoms with Crippen molar-refractivity contribution in [3.63, 3.8) is 0 Å². The van der Waals surface area contributed by atoms with E-state index >= 15 is 0 Å². The highest BCUT2D eigenvalue weighted by atomic mass is 15.3. The van der Waals surface area contributed by atoms with Crippen LogP contribution in [-0.4, -0.2) is 32.8 Å². The van der Waals surface area contributed by atoms with Crippen molar-refractivity contribution in [2.45, 2.75) is 32.6 Å². The summed E-state index contributed by atoms with van der Waals surface area (Å²) in [4.78, 5) is 2.45. The first kappa shape index (κ1) is 12.1. The third kappa shape index (κ3) is 2.23. The van der Waals surface area contributed by atoms with E-state index in [9.17, 15) is 0 Å². The molecule has 0 saturated heterocycles. The van der Waals surface area contributed by atoms with Crippen molar-refractivity contribution in [3.05, 3.63) is 47.0 Å².